The van der Waals surface area contributed by atoms with Crippen LogP contribution in [0.25, 0.3) is 0 Å². The van der Waals surface area contributed by atoms with E-state index < -0.39 is 6.10 Å². The highest BCUT2D eigenvalue weighted by Gasteiger charge is 2.19. The third-order valence-electron chi connectivity index (χ3n) is 8.56. The molecule has 0 fully saturated rings. The molecule has 0 aliphatic carbocycles. The van der Waals surface area contributed by atoms with Gasteiger partial charge < -0.3 is 14.2 Å². The summed E-state index contributed by atoms with van der Waals surface area (Å²) in [5.41, 5.74) is 0. The molecule has 0 aromatic rings. The van der Waals surface area contributed by atoms with Crippen LogP contribution in [0.3, 0.4) is 0 Å². The van der Waals surface area contributed by atoms with Gasteiger partial charge in [0.05, 0.1) is 0 Å². The van der Waals surface area contributed by atoms with Crippen molar-refractivity contribution in [2.45, 2.75) is 181 Å². The van der Waals surface area contributed by atoms with E-state index in [2.05, 4.69) is 118 Å². The molecule has 0 bridgehead atoms. The molecule has 0 radical (unpaired) electrons. The fraction of sp³-hybridized carbons (Fsp3) is 0.612. The molecule has 0 aromatic heterocycles. The van der Waals surface area contributed by atoms with E-state index >= 15 is 0 Å². The fourth-order valence-corrected chi connectivity index (χ4v) is 5.39. The SMILES string of the molecule is CC/C=C\C/C=C\C/C=C\CCCCCCC(=O)OCC(COC(=O)CCCC/C=C\C/C=C\CC)OC(=O)CCCCCC/C=C\C/C=C\C/C=C\CC. The van der Waals surface area contributed by atoms with E-state index in [9.17, 15) is 14.4 Å². The average Bonchev–Trinajstić information content (AvgIpc) is 3.18. The maximum absolute atomic E-state index is 12.7. The first kappa shape index (κ1) is 51.3. The zero-order valence-electron chi connectivity index (χ0n) is 35.1. The summed E-state index contributed by atoms with van der Waals surface area (Å²) in [5, 5.41) is 0. The number of ether oxygens (including phenoxy) is 3. The van der Waals surface area contributed by atoms with Crippen molar-refractivity contribution in [2.24, 2.45) is 0 Å². The number of hydrogen-bond donors (Lipinski definition) is 0. The normalized spacial score (nSPS) is 13.0. The van der Waals surface area contributed by atoms with Crippen molar-refractivity contribution in [2.75, 3.05) is 13.2 Å². The lowest BCUT2D eigenvalue weighted by Gasteiger charge is -2.18. The number of esters is 3. The zero-order chi connectivity index (χ0) is 40.1. The van der Waals surface area contributed by atoms with Crippen LogP contribution >= 0.6 is 0 Å². The second-order valence-corrected chi connectivity index (χ2v) is 13.8. The summed E-state index contributed by atoms with van der Waals surface area (Å²) in [6.07, 6.45) is 55.4. The van der Waals surface area contributed by atoms with Gasteiger partial charge in [-0.15, -0.1) is 0 Å². The van der Waals surface area contributed by atoms with Gasteiger partial charge in [0.15, 0.2) is 6.10 Å². The molecular weight excluding hydrogens is 685 g/mol. The monoisotopic (exact) mass is 763 g/mol. The smallest absolute Gasteiger partial charge is 0.306 e. The Morgan fingerprint density at radius 2 is 0.655 bits per heavy atom. The standard InChI is InChI=1S/C49H78O6/c1-4-7-10-13-16-19-21-23-25-27-30-33-36-39-42-48(51)54-45-46(44-53-47(50)41-38-35-32-29-18-15-12-9-6-3)55-49(52)43-40-37-34-31-28-26-24-22-20-17-14-11-8-5-2/h7-12,16-20,23-26,29,46H,4-6,13-15,21-22,27-28,30-45H2,1-3H3/b10-7-,11-8-,12-9-,19-16-,20-17-,25-23-,26-24-,29-18-. The number of carbonyl (C=O) groups is 3. The number of hydrogen-bond acceptors (Lipinski definition) is 6. The topological polar surface area (TPSA) is 78.9 Å². The van der Waals surface area contributed by atoms with E-state index in [-0.39, 0.29) is 37.5 Å². The molecule has 0 rings (SSSR count). The molecule has 1 unspecified atom stereocenters. The Balaban J connectivity index is 4.49. The van der Waals surface area contributed by atoms with Crippen LogP contribution in [-0.2, 0) is 28.6 Å². The summed E-state index contributed by atoms with van der Waals surface area (Å²) in [7, 11) is 0. The van der Waals surface area contributed by atoms with Crippen LogP contribution in [0.1, 0.15) is 175 Å². The molecule has 1 atom stereocenters. The van der Waals surface area contributed by atoms with Gasteiger partial charge in [-0.3, -0.25) is 14.4 Å². The van der Waals surface area contributed by atoms with Crippen molar-refractivity contribution in [1.82, 2.24) is 0 Å². The van der Waals surface area contributed by atoms with Crippen molar-refractivity contribution in [1.29, 1.82) is 0 Å². The molecule has 0 aliphatic heterocycles. The van der Waals surface area contributed by atoms with Gasteiger partial charge in [0.2, 0.25) is 0 Å². The van der Waals surface area contributed by atoms with Crippen LogP contribution in [-0.4, -0.2) is 37.2 Å². The summed E-state index contributed by atoms with van der Waals surface area (Å²) < 4.78 is 16.6. The van der Waals surface area contributed by atoms with E-state index in [1.165, 1.54) is 0 Å². The molecule has 0 spiro atoms. The van der Waals surface area contributed by atoms with Crippen molar-refractivity contribution < 1.29 is 28.6 Å². The number of unbranched alkanes of at least 4 members (excludes halogenated alkanes) is 10. The van der Waals surface area contributed by atoms with Gasteiger partial charge >= 0.3 is 17.9 Å². The Bertz CT molecular complexity index is 1150. The molecule has 310 valence electrons. The van der Waals surface area contributed by atoms with E-state index in [1.807, 2.05) is 0 Å². The van der Waals surface area contributed by atoms with Crippen LogP contribution in [0.4, 0.5) is 0 Å². The Kier molecular flexibility index (Phi) is 40.2. The Morgan fingerprint density at radius 1 is 0.364 bits per heavy atom. The quantitative estimate of drug-likeness (QED) is 0.0271. The summed E-state index contributed by atoms with van der Waals surface area (Å²) >= 11 is 0. The summed E-state index contributed by atoms with van der Waals surface area (Å²) in [6.45, 7) is 6.18. The minimum absolute atomic E-state index is 0.111. The Hall–Kier alpha value is -3.67. The van der Waals surface area contributed by atoms with Crippen LogP contribution in [0.15, 0.2) is 97.2 Å². The zero-order valence-corrected chi connectivity index (χ0v) is 35.1. The lowest BCUT2D eigenvalue weighted by atomic mass is 10.1. The molecule has 0 saturated carbocycles. The molecule has 0 saturated heterocycles. The van der Waals surface area contributed by atoms with E-state index in [0.717, 1.165) is 135 Å². The van der Waals surface area contributed by atoms with Crippen molar-refractivity contribution in [3.63, 3.8) is 0 Å². The third kappa shape index (κ3) is 41.3. The minimum atomic E-state index is -0.809. The predicted molar refractivity (Wildman–Crippen MR) is 233 cm³/mol. The highest BCUT2D eigenvalue weighted by Crippen LogP contribution is 2.11. The van der Waals surface area contributed by atoms with Crippen molar-refractivity contribution in [3.8, 4) is 0 Å². The highest BCUT2D eigenvalue weighted by molar-refractivity contribution is 5.71. The maximum atomic E-state index is 12.7. The van der Waals surface area contributed by atoms with Gasteiger partial charge in [-0.1, -0.05) is 144 Å². The first-order valence-corrected chi connectivity index (χ1v) is 21.7. The number of rotatable bonds is 37. The molecular formula is C49H78O6. The largest absolute Gasteiger partial charge is 0.462 e. The summed E-state index contributed by atoms with van der Waals surface area (Å²) in [6, 6.07) is 0. The van der Waals surface area contributed by atoms with Gasteiger partial charge in [0.1, 0.15) is 13.2 Å². The summed E-state index contributed by atoms with van der Waals surface area (Å²) in [4.78, 5) is 37.6. The molecule has 0 aliphatic rings. The van der Waals surface area contributed by atoms with Gasteiger partial charge in [0, 0.05) is 19.3 Å². The van der Waals surface area contributed by atoms with Crippen LogP contribution in [0.2, 0.25) is 0 Å². The number of allylic oxidation sites excluding steroid dienone is 16. The van der Waals surface area contributed by atoms with Gasteiger partial charge in [0.25, 0.3) is 0 Å². The lowest BCUT2D eigenvalue weighted by Crippen LogP contribution is -2.30. The predicted octanol–water partition coefficient (Wildman–Crippen LogP) is 13.9. The van der Waals surface area contributed by atoms with E-state index in [4.69, 9.17) is 14.2 Å². The van der Waals surface area contributed by atoms with Gasteiger partial charge in [-0.05, 0) is 109 Å². The molecule has 0 aromatic carbocycles. The van der Waals surface area contributed by atoms with Gasteiger partial charge in [-0.2, -0.15) is 0 Å². The average molecular weight is 763 g/mol. The Morgan fingerprint density at radius 3 is 1.04 bits per heavy atom. The molecule has 0 N–H and O–H groups in total. The fourth-order valence-electron chi connectivity index (χ4n) is 5.39. The third-order valence-corrected chi connectivity index (χ3v) is 8.56. The second kappa shape index (κ2) is 43.1. The minimum Gasteiger partial charge on any atom is -0.462 e. The van der Waals surface area contributed by atoms with Crippen molar-refractivity contribution >= 4 is 17.9 Å². The van der Waals surface area contributed by atoms with E-state index in [0.29, 0.717) is 12.8 Å². The molecule has 6 nitrogen and oxygen atoms in total. The molecule has 0 amide bonds. The summed E-state index contributed by atoms with van der Waals surface area (Å²) in [5.74, 6) is -1.00. The van der Waals surface area contributed by atoms with Gasteiger partial charge in [-0.25, -0.2) is 0 Å². The molecule has 55 heavy (non-hydrogen) atoms. The van der Waals surface area contributed by atoms with Crippen LogP contribution in [0.5, 0.6) is 0 Å². The van der Waals surface area contributed by atoms with E-state index in [1.54, 1.807) is 0 Å². The second-order valence-electron chi connectivity index (χ2n) is 13.8. The lowest BCUT2D eigenvalue weighted by molar-refractivity contribution is -0.167. The van der Waals surface area contributed by atoms with Crippen LogP contribution < -0.4 is 0 Å². The Labute approximate surface area is 337 Å². The van der Waals surface area contributed by atoms with Crippen LogP contribution in [0, 0.1) is 0 Å². The maximum Gasteiger partial charge on any atom is 0.306 e. The molecule has 6 heteroatoms. The van der Waals surface area contributed by atoms with Crippen molar-refractivity contribution in [3.05, 3.63) is 97.2 Å². The first-order valence-electron chi connectivity index (χ1n) is 21.7. The number of carbonyl (C=O) groups excluding carboxylic acids is 3. The first-order chi connectivity index (χ1) is 27.0. The highest BCUT2D eigenvalue weighted by atomic mass is 16.6. The molecule has 0 heterocycles.